The Hall–Kier alpha value is -1.23. The Morgan fingerprint density at radius 3 is 2.58 bits per heavy atom. The van der Waals surface area contributed by atoms with Crippen molar-refractivity contribution in [2.45, 2.75) is 25.7 Å². The first kappa shape index (κ1) is 14.2. The summed E-state index contributed by atoms with van der Waals surface area (Å²) in [5.74, 6) is 0. The third kappa shape index (κ3) is 3.86. The van der Waals surface area contributed by atoms with Crippen molar-refractivity contribution in [2.75, 3.05) is 0 Å². The minimum Gasteiger partial charge on any atom is -0.366 e. The minimum absolute atomic E-state index is 0.114. The molecule has 0 bridgehead atoms. The fraction of sp³-hybridized carbons (Fsp3) is 0.267. The summed E-state index contributed by atoms with van der Waals surface area (Å²) in [6.45, 7) is 2.43. The molecular weight excluding hydrogens is 304 g/mol. The van der Waals surface area contributed by atoms with E-state index < -0.39 is 0 Å². The van der Waals surface area contributed by atoms with Gasteiger partial charge < -0.3 is 10.5 Å². The number of halogens is 1. The van der Waals surface area contributed by atoms with Crippen molar-refractivity contribution in [3.05, 3.63) is 64.4 Å². The Morgan fingerprint density at radius 1 is 1.21 bits per heavy atom. The highest BCUT2D eigenvalue weighted by Crippen LogP contribution is 2.23. The van der Waals surface area contributed by atoms with E-state index in [1.54, 1.807) is 6.20 Å². The van der Waals surface area contributed by atoms with Crippen molar-refractivity contribution in [3.8, 4) is 0 Å². The smallest absolute Gasteiger partial charge is 0.115 e. The number of hydrogen-bond donors (Lipinski definition) is 1. The van der Waals surface area contributed by atoms with E-state index in [1.807, 2.05) is 49.4 Å². The van der Waals surface area contributed by atoms with E-state index in [1.165, 1.54) is 0 Å². The molecule has 19 heavy (non-hydrogen) atoms. The van der Waals surface area contributed by atoms with Crippen LogP contribution >= 0.6 is 15.9 Å². The van der Waals surface area contributed by atoms with Crippen LogP contribution in [0, 0.1) is 0 Å². The van der Waals surface area contributed by atoms with Crippen LogP contribution in [0.15, 0.2) is 53.1 Å². The summed E-state index contributed by atoms with van der Waals surface area (Å²) in [6.07, 6.45) is 1.56. The first-order valence-corrected chi connectivity index (χ1v) is 6.99. The van der Waals surface area contributed by atoms with E-state index >= 15 is 0 Å². The lowest BCUT2D eigenvalue weighted by atomic mass is 10.1. The predicted octanol–water partition coefficient (Wildman–Crippen LogP) is 3.45. The first-order chi connectivity index (χ1) is 9.18. The van der Waals surface area contributed by atoms with E-state index in [2.05, 4.69) is 20.9 Å². The Morgan fingerprint density at radius 2 is 1.95 bits per heavy atom. The Kier molecular flexibility index (Phi) is 5.07. The highest BCUT2D eigenvalue weighted by atomic mass is 79.9. The van der Waals surface area contributed by atoms with Crippen LogP contribution in [0.1, 0.15) is 24.3 Å². The van der Waals surface area contributed by atoms with Gasteiger partial charge in [-0.1, -0.05) is 40.2 Å². The number of benzene rings is 1. The molecule has 0 spiro atoms. The molecule has 0 fully saturated rings. The zero-order valence-electron chi connectivity index (χ0n) is 10.8. The molecule has 4 heteroatoms. The molecule has 1 heterocycles. The Balaban J connectivity index is 2.09. The minimum atomic E-state index is -0.201. The van der Waals surface area contributed by atoms with Crippen LogP contribution in [0.2, 0.25) is 0 Å². The summed E-state index contributed by atoms with van der Waals surface area (Å²) >= 11 is 3.51. The summed E-state index contributed by atoms with van der Waals surface area (Å²) in [6, 6.07) is 13.7. The van der Waals surface area contributed by atoms with Crippen LogP contribution in [-0.4, -0.2) is 11.0 Å². The summed E-state index contributed by atoms with van der Waals surface area (Å²) in [5.41, 5.74) is 7.96. The highest BCUT2D eigenvalue weighted by Gasteiger charge is 2.18. The number of aromatic nitrogens is 1. The number of nitrogens with two attached hydrogens (primary N) is 1. The molecular formula is C15H17BrN2O. The van der Waals surface area contributed by atoms with Crippen LogP contribution < -0.4 is 5.73 Å². The molecule has 0 aliphatic rings. The average molecular weight is 321 g/mol. The summed E-state index contributed by atoms with van der Waals surface area (Å²) in [7, 11) is 0. The van der Waals surface area contributed by atoms with Crippen molar-refractivity contribution in [1.29, 1.82) is 0 Å². The van der Waals surface area contributed by atoms with Crippen molar-refractivity contribution in [3.63, 3.8) is 0 Å². The van der Waals surface area contributed by atoms with Gasteiger partial charge in [-0.2, -0.15) is 0 Å². The third-order valence-electron chi connectivity index (χ3n) is 2.83. The van der Waals surface area contributed by atoms with Gasteiger partial charge in [-0.05, 0) is 30.7 Å². The number of hydrogen-bond acceptors (Lipinski definition) is 3. The lowest BCUT2D eigenvalue weighted by Gasteiger charge is -2.21. The average Bonchev–Trinajstić information content (AvgIpc) is 2.42. The maximum absolute atomic E-state index is 5.99. The van der Waals surface area contributed by atoms with Gasteiger partial charge in [-0.3, -0.25) is 4.98 Å². The molecule has 2 aromatic rings. The first-order valence-electron chi connectivity index (χ1n) is 6.20. The molecule has 1 aromatic heterocycles. The van der Waals surface area contributed by atoms with Crippen LogP contribution in [0.4, 0.5) is 0 Å². The van der Waals surface area contributed by atoms with Gasteiger partial charge in [0, 0.05) is 16.7 Å². The molecule has 0 saturated carbocycles. The summed E-state index contributed by atoms with van der Waals surface area (Å²) in [4.78, 5) is 4.32. The molecule has 2 rings (SSSR count). The molecule has 3 nitrogen and oxygen atoms in total. The zero-order valence-corrected chi connectivity index (χ0v) is 12.4. The molecule has 2 N–H and O–H groups in total. The largest absolute Gasteiger partial charge is 0.366 e. The molecule has 1 aromatic carbocycles. The van der Waals surface area contributed by atoms with Gasteiger partial charge in [-0.15, -0.1) is 0 Å². The standard InChI is InChI=1S/C15H17BrN2O/c1-11(17)15(14-8-4-5-9-18-14)19-10-12-6-2-3-7-13(12)16/h2-9,11,15H,10,17H2,1H3. The quantitative estimate of drug-likeness (QED) is 0.917. The maximum atomic E-state index is 5.99. The van der Waals surface area contributed by atoms with Crippen LogP contribution in [0.5, 0.6) is 0 Å². The van der Waals surface area contributed by atoms with Gasteiger partial charge in [-0.25, -0.2) is 0 Å². The number of ether oxygens (including phenoxy) is 1. The maximum Gasteiger partial charge on any atom is 0.115 e. The second-order valence-electron chi connectivity index (χ2n) is 4.44. The second kappa shape index (κ2) is 6.80. The topological polar surface area (TPSA) is 48.1 Å². The number of pyridine rings is 1. The molecule has 0 saturated heterocycles. The Labute approximate surface area is 121 Å². The summed E-state index contributed by atoms with van der Waals surface area (Å²) < 4.78 is 6.98. The predicted molar refractivity (Wildman–Crippen MR) is 79.6 cm³/mol. The lowest BCUT2D eigenvalue weighted by molar-refractivity contribution is 0.0228. The van der Waals surface area contributed by atoms with Gasteiger partial charge in [0.05, 0.1) is 12.3 Å². The van der Waals surface area contributed by atoms with Gasteiger partial charge in [0.15, 0.2) is 0 Å². The van der Waals surface area contributed by atoms with E-state index in [0.29, 0.717) is 6.61 Å². The van der Waals surface area contributed by atoms with Gasteiger partial charge in [0.1, 0.15) is 6.10 Å². The third-order valence-corrected chi connectivity index (χ3v) is 3.61. The molecule has 0 aliphatic heterocycles. The SMILES string of the molecule is CC(N)C(OCc1ccccc1Br)c1ccccn1. The number of nitrogens with zero attached hydrogens (tertiary/aromatic N) is 1. The van der Waals surface area contributed by atoms with Crippen LogP contribution in [-0.2, 0) is 11.3 Å². The van der Waals surface area contributed by atoms with Gasteiger partial charge in [0.2, 0.25) is 0 Å². The fourth-order valence-electron chi connectivity index (χ4n) is 1.85. The molecule has 2 atom stereocenters. The van der Waals surface area contributed by atoms with E-state index in [4.69, 9.17) is 10.5 Å². The van der Waals surface area contributed by atoms with Crippen molar-refractivity contribution < 1.29 is 4.74 Å². The molecule has 0 aliphatic carbocycles. The second-order valence-corrected chi connectivity index (χ2v) is 5.29. The highest BCUT2D eigenvalue weighted by molar-refractivity contribution is 9.10. The zero-order chi connectivity index (χ0) is 13.7. The molecule has 0 radical (unpaired) electrons. The molecule has 0 amide bonds. The van der Waals surface area contributed by atoms with Crippen LogP contribution in [0.25, 0.3) is 0 Å². The summed E-state index contributed by atoms with van der Waals surface area (Å²) in [5, 5.41) is 0. The van der Waals surface area contributed by atoms with Gasteiger partial charge in [0.25, 0.3) is 0 Å². The lowest BCUT2D eigenvalue weighted by Crippen LogP contribution is -2.27. The van der Waals surface area contributed by atoms with Crippen molar-refractivity contribution >= 4 is 15.9 Å². The van der Waals surface area contributed by atoms with Crippen molar-refractivity contribution in [1.82, 2.24) is 4.98 Å². The van der Waals surface area contributed by atoms with E-state index in [-0.39, 0.29) is 12.1 Å². The Bertz CT molecular complexity index is 517. The van der Waals surface area contributed by atoms with E-state index in [0.717, 1.165) is 15.7 Å². The van der Waals surface area contributed by atoms with Gasteiger partial charge >= 0.3 is 0 Å². The monoisotopic (exact) mass is 320 g/mol. The van der Waals surface area contributed by atoms with E-state index in [9.17, 15) is 0 Å². The fourth-order valence-corrected chi connectivity index (χ4v) is 2.25. The van der Waals surface area contributed by atoms with Crippen LogP contribution in [0.3, 0.4) is 0 Å². The molecule has 100 valence electrons. The normalized spacial score (nSPS) is 14.1. The van der Waals surface area contributed by atoms with Crippen molar-refractivity contribution in [2.24, 2.45) is 5.73 Å². The molecule has 2 unspecified atom stereocenters. The number of rotatable bonds is 5.